The van der Waals surface area contributed by atoms with Gasteiger partial charge in [0.1, 0.15) is 12.1 Å². The molecule has 18 heavy (non-hydrogen) atoms. The van der Waals surface area contributed by atoms with Crippen molar-refractivity contribution in [1.82, 2.24) is 19.6 Å². The van der Waals surface area contributed by atoms with Crippen molar-refractivity contribution in [2.75, 3.05) is 18.1 Å². The van der Waals surface area contributed by atoms with Crippen LogP contribution in [0.25, 0.3) is 5.78 Å². The number of fused-ring (bicyclic) bond motifs is 1. The third-order valence-corrected chi connectivity index (χ3v) is 4.39. The van der Waals surface area contributed by atoms with Gasteiger partial charge in [-0.15, -0.1) is 0 Å². The first-order valence-corrected chi connectivity index (χ1v) is 7.13. The number of thioether (sulfide) groups is 1. The standard InChI is InChI=1S/C12H19N5S/c1-8-9(2)16-11-14-7-15-17(11)10(8)13-6-12(3,4)18-5/h7,13H,6H2,1-5H3. The molecular weight excluding hydrogens is 246 g/mol. The molecule has 2 rings (SSSR count). The minimum Gasteiger partial charge on any atom is -0.368 e. The molecule has 0 spiro atoms. The highest BCUT2D eigenvalue weighted by molar-refractivity contribution is 7.99. The van der Waals surface area contributed by atoms with Crippen LogP contribution in [0, 0.1) is 13.8 Å². The third-order valence-electron chi connectivity index (χ3n) is 3.14. The van der Waals surface area contributed by atoms with Gasteiger partial charge < -0.3 is 5.32 Å². The maximum atomic E-state index is 4.40. The molecule has 0 radical (unpaired) electrons. The first-order valence-electron chi connectivity index (χ1n) is 5.90. The van der Waals surface area contributed by atoms with Gasteiger partial charge in [-0.2, -0.15) is 26.4 Å². The highest BCUT2D eigenvalue weighted by Gasteiger charge is 2.18. The second kappa shape index (κ2) is 4.76. The Hall–Kier alpha value is -1.30. The predicted octanol–water partition coefficient (Wildman–Crippen LogP) is 2.29. The molecule has 0 unspecified atom stereocenters. The molecule has 0 aliphatic heterocycles. The van der Waals surface area contributed by atoms with Gasteiger partial charge in [0.15, 0.2) is 0 Å². The molecule has 2 aromatic rings. The zero-order valence-corrected chi connectivity index (χ0v) is 12.3. The molecule has 0 atom stereocenters. The van der Waals surface area contributed by atoms with Gasteiger partial charge in [-0.3, -0.25) is 0 Å². The average Bonchev–Trinajstić information content (AvgIpc) is 2.77. The molecular formula is C12H19N5S. The molecule has 2 aromatic heterocycles. The zero-order chi connectivity index (χ0) is 13.3. The zero-order valence-electron chi connectivity index (χ0n) is 11.5. The molecule has 0 fully saturated rings. The molecule has 0 saturated heterocycles. The van der Waals surface area contributed by atoms with Gasteiger partial charge in [0.2, 0.25) is 0 Å². The first kappa shape index (κ1) is 13.1. The van der Waals surface area contributed by atoms with Crippen LogP contribution >= 0.6 is 11.8 Å². The van der Waals surface area contributed by atoms with Gasteiger partial charge in [0.05, 0.1) is 0 Å². The van der Waals surface area contributed by atoms with Crippen molar-refractivity contribution >= 4 is 23.4 Å². The van der Waals surface area contributed by atoms with E-state index in [4.69, 9.17) is 0 Å². The number of anilines is 1. The lowest BCUT2D eigenvalue weighted by Gasteiger charge is -2.23. The minimum atomic E-state index is 0.177. The fourth-order valence-electron chi connectivity index (χ4n) is 1.61. The van der Waals surface area contributed by atoms with Crippen LogP contribution in [0.2, 0.25) is 0 Å². The van der Waals surface area contributed by atoms with E-state index in [9.17, 15) is 0 Å². The second-order valence-corrected chi connectivity index (χ2v) is 6.47. The van der Waals surface area contributed by atoms with E-state index < -0.39 is 0 Å². The SMILES string of the molecule is CSC(C)(C)CNc1c(C)c(C)nc2ncnn12. The fourth-order valence-corrected chi connectivity index (χ4v) is 1.83. The average molecular weight is 265 g/mol. The number of aromatic nitrogens is 4. The molecule has 5 nitrogen and oxygen atoms in total. The van der Waals surface area contributed by atoms with Crippen molar-refractivity contribution in [3.05, 3.63) is 17.6 Å². The van der Waals surface area contributed by atoms with E-state index in [0.717, 1.165) is 23.6 Å². The Morgan fingerprint density at radius 2 is 2.11 bits per heavy atom. The van der Waals surface area contributed by atoms with Crippen LogP contribution < -0.4 is 5.32 Å². The van der Waals surface area contributed by atoms with E-state index in [-0.39, 0.29) is 4.75 Å². The lowest BCUT2D eigenvalue weighted by molar-refractivity contribution is 0.743. The molecule has 0 aliphatic carbocycles. The van der Waals surface area contributed by atoms with Crippen LogP contribution in [-0.2, 0) is 0 Å². The number of rotatable bonds is 4. The smallest absolute Gasteiger partial charge is 0.254 e. The van der Waals surface area contributed by atoms with E-state index in [1.807, 2.05) is 18.7 Å². The number of hydrogen-bond donors (Lipinski definition) is 1. The topological polar surface area (TPSA) is 55.1 Å². The van der Waals surface area contributed by atoms with Crippen molar-refractivity contribution in [1.29, 1.82) is 0 Å². The summed E-state index contributed by atoms with van der Waals surface area (Å²) < 4.78 is 1.94. The van der Waals surface area contributed by atoms with Crippen molar-refractivity contribution in [3.63, 3.8) is 0 Å². The summed E-state index contributed by atoms with van der Waals surface area (Å²) in [4.78, 5) is 8.55. The van der Waals surface area contributed by atoms with Crippen LogP contribution in [0.15, 0.2) is 6.33 Å². The van der Waals surface area contributed by atoms with E-state index in [2.05, 4.69) is 47.4 Å². The largest absolute Gasteiger partial charge is 0.368 e. The number of aryl methyl sites for hydroxylation is 1. The van der Waals surface area contributed by atoms with Crippen LogP contribution in [-0.4, -0.2) is 37.1 Å². The Kier molecular flexibility index (Phi) is 3.47. The van der Waals surface area contributed by atoms with E-state index in [1.165, 1.54) is 6.33 Å². The molecule has 0 saturated carbocycles. The summed E-state index contributed by atoms with van der Waals surface area (Å²) in [7, 11) is 0. The van der Waals surface area contributed by atoms with Gasteiger partial charge >= 0.3 is 0 Å². The van der Waals surface area contributed by atoms with Gasteiger partial charge in [0, 0.05) is 22.5 Å². The summed E-state index contributed by atoms with van der Waals surface area (Å²) in [6.07, 6.45) is 3.66. The number of hydrogen-bond acceptors (Lipinski definition) is 5. The number of nitrogens with one attached hydrogen (secondary N) is 1. The van der Waals surface area contributed by atoms with E-state index in [1.54, 1.807) is 4.52 Å². The van der Waals surface area contributed by atoms with E-state index >= 15 is 0 Å². The molecule has 0 amide bonds. The summed E-state index contributed by atoms with van der Waals surface area (Å²) in [5.41, 5.74) is 2.10. The Morgan fingerprint density at radius 1 is 1.39 bits per heavy atom. The van der Waals surface area contributed by atoms with Gasteiger partial charge in [0.25, 0.3) is 5.78 Å². The van der Waals surface area contributed by atoms with Crippen molar-refractivity contribution in [3.8, 4) is 0 Å². The van der Waals surface area contributed by atoms with Crippen LogP contribution in [0.3, 0.4) is 0 Å². The van der Waals surface area contributed by atoms with Crippen LogP contribution in [0.1, 0.15) is 25.1 Å². The summed E-state index contributed by atoms with van der Waals surface area (Å²) in [5.74, 6) is 1.62. The lowest BCUT2D eigenvalue weighted by atomic mass is 10.2. The van der Waals surface area contributed by atoms with Crippen molar-refractivity contribution in [2.45, 2.75) is 32.4 Å². The summed E-state index contributed by atoms with van der Waals surface area (Å²) in [6.45, 7) is 9.35. The van der Waals surface area contributed by atoms with Crippen molar-refractivity contribution in [2.24, 2.45) is 0 Å². The Labute approximate surface area is 111 Å². The normalized spacial score (nSPS) is 12.1. The van der Waals surface area contributed by atoms with E-state index in [0.29, 0.717) is 5.78 Å². The maximum absolute atomic E-state index is 4.40. The molecule has 1 N–H and O–H groups in total. The maximum Gasteiger partial charge on any atom is 0.254 e. The van der Waals surface area contributed by atoms with Crippen molar-refractivity contribution < 1.29 is 0 Å². The lowest BCUT2D eigenvalue weighted by Crippen LogP contribution is -2.27. The Balaban J connectivity index is 2.37. The molecule has 6 heteroatoms. The van der Waals surface area contributed by atoms with Gasteiger partial charge in [-0.25, -0.2) is 4.98 Å². The molecule has 2 heterocycles. The molecule has 0 bridgehead atoms. The third kappa shape index (κ3) is 2.43. The monoisotopic (exact) mass is 265 g/mol. The molecule has 0 aromatic carbocycles. The Morgan fingerprint density at radius 3 is 2.78 bits per heavy atom. The first-order chi connectivity index (χ1) is 8.44. The predicted molar refractivity (Wildman–Crippen MR) is 76.3 cm³/mol. The fraction of sp³-hybridized carbons (Fsp3) is 0.583. The van der Waals surface area contributed by atoms with Gasteiger partial charge in [-0.05, 0) is 34.0 Å². The molecule has 0 aliphatic rings. The van der Waals surface area contributed by atoms with Crippen LogP contribution in [0.5, 0.6) is 0 Å². The minimum absolute atomic E-state index is 0.177. The van der Waals surface area contributed by atoms with Gasteiger partial charge in [-0.1, -0.05) is 0 Å². The van der Waals surface area contributed by atoms with Crippen LogP contribution in [0.4, 0.5) is 5.82 Å². The summed E-state index contributed by atoms with van der Waals surface area (Å²) in [6, 6.07) is 0. The highest BCUT2D eigenvalue weighted by atomic mass is 32.2. The summed E-state index contributed by atoms with van der Waals surface area (Å²) in [5, 5.41) is 7.69. The second-order valence-electron chi connectivity index (χ2n) is 4.96. The number of nitrogens with zero attached hydrogens (tertiary/aromatic N) is 4. The Bertz CT molecular complexity index is 561. The summed E-state index contributed by atoms with van der Waals surface area (Å²) >= 11 is 1.84. The molecule has 98 valence electrons. The highest BCUT2D eigenvalue weighted by Crippen LogP contribution is 2.23. The quantitative estimate of drug-likeness (QED) is 0.919.